The predicted molar refractivity (Wildman–Crippen MR) is 92.0 cm³/mol. The van der Waals surface area contributed by atoms with E-state index in [9.17, 15) is 0 Å². The van der Waals surface area contributed by atoms with Gasteiger partial charge in [0.25, 0.3) is 0 Å². The summed E-state index contributed by atoms with van der Waals surface area (Å²) >= 11 is 7.40. The Labute approximate surface area is 131 Å². The van der Waals surface area contributed by atoms with Crippen LogP contribution >= 0.6 is 34.8 Å². The lowest BCUT2D eigenvalue weighted by molar-refractivity contribution is 1.17. The van der Waals surface area contributed by atoms with E-state index in [0.29, 0.717) is 10.8 Å². The van der Waals surface area contributed by atoms with Crippen molar-refractivity contribution < 1.29 is 0 Å². The van der Waals surface area contributed by atoms with Gasteiger partial charge >= 0.3 is 0 Å². The summed E-state index contributed by atoms with van der Waals surface area (Å²) in [4.78, 5) is 4.87. The Morgan fingerprint density at radius 3 is 2.63 bits per heavy atom. The number of aryl methyl sites for hydroxylation is 2. The smallest absolute Gasteiger partial charge is 0.141 e. The highest BCUT2D eigenvalue weighted by Gasteiger charge is 2.12. The van der Waals surface area contributed by atoms with Crippen molar-refractivity contribution >= 4 is 51.3 Å². The molecule has 2 aromatic rings. The summed E-state index contributed by atoms with van der Waals surface area (Å²) < 4.78 is 1.12. The highest BCUT2D eigenvalue weighted by atomic mass is 127. The summed E-state index contributed by atoms with van der Waals surface area (Å²) in [6.45, 7) is 3.95. The molecule has 3 N–H and O–H groups in total. The minimum absolute atomic E-state index is 0.360. The number of halogens is 1. The molecule has 0 saturated heterocycles. The number of benzene rings is 1. The van der Waals surface area contributed by atoms with Crippen LogP contribution in [0.2, 0.25) is 0 Å². The standard InChI is InChI=1S/C14H14IN3S/c1-8-7-9(2)17-14(12(8)13(16)19)18-11-6-4-3-5-10(11)15/h3-7H,1-2H3,(H2,16,19)(H,17,18). The van der Waals surface area contributed by atoms with Crippen LogP contribution in [0.4, 0.5) is 11.5 Å². The summed E-state index contributed by atoms with van der Waals surface area (Å²) in [7, 11) is 0. The fraction of sp³-hybridized carbons (Fsp3) is 0.143. The van der Waals surface area contributed by atoms with Crippen molar-refractivity contribution in [3.8, 4) is 0 Å². The maximum atomic E-state index is 5.81. The van der Waals surface area contributed by atoms with Gasteiger partial charge in [0.2, 0.25) is 0 Å². The first kappa shape index (κ1) is 14.2. The molecule has 0 aliphatic carbocycles. The monoisotopic (exact) mass is 383 g/mol. The Kier molecular flexibility index (Phi) is 4.36. The molecule has 0 spiro atoms. The van der Waals surface area contributed by atoms with Gasteiger partial charge in [-0.05, 0) is 60.2 Å². The highest BCUT2D eigenvalue weighted by molar-refractivity contribution is 14.1. The van der Waals surface area contributed by atoms with E-state index in [2.05, 4.69) is 32.9 Å². The number of para-hydroxylation sites is 1. The summed E-state index contributed by atoms with van der Waals surface area (Å²) in [6.07, 6.45) is 0. The average molecular weight is 383 g/mol. The fourth-order valence-electron chi connectivity index (χ4n) is 1.93. The Hall–Kier alpha value is -1.21. The third-order valence-corrected chi connectivity index (χ3v) is 3.86. The lowest BCUT2D eigenvalue weighted by Crippen LogP contribution is -2.15. The Balaban J connectivity index is 2.51. The number of hydrogen-bond donors (Lipinski definition) is 2. The number of anilines is 2. The van der Waals surface area contributed by atoms with Crippen molar-refractivity contribution in [3.63, 3.8) is 0 Å². The molecule has 98 valence electrons. The van der Waals surface area contributed by atoms with Crippen molar-refractivity contribution in [2.24, 2.45) is 5.73 Å². The maximum Gasteiger partial charge on any atom is 0.141 e. The molecule has 0 unspecified atom stereocenters. The van der Waals surface area contributed by atoms with E-state index in [1.54, 1.807) is 0 Å². The molecule has 3 nitrogen and oxygen atoms in total. The number of nitrogens with zero attached hydrogens (tertiary/aromatic N) is 1. The summed E-state index contributed by atoms with van der Waals surface area (Å²) in [5, 5.41) is 3.32. The van der Waals surface area contributed by atoms with Gasteiger partial charge in [-0.1, -0.05) is 24.4 Å². The molecular formula is C14H14IN3S. The quantitative estimate of drug-likeness (QED) is 0.627. The third kappa shape index (κ3) is 3.22. The van der Waals surface area contributed by atoms with E-state index in [1.807, 2.05) is 44.2 Å². The second-order valence-electron chi connectivity index (χ2n) is 4.27. The highest BCUT2D eigenvalue weighted by Crippen LogP contribution is 2.25. The second-order valence-corrected chi connectivity index (χ2v) is 5.88. The van der Waals surface area contributed by atoms with Crippen LogP contribution in [0.1, 0.15) is 16.8 Å². The van der Waals surface area contributed by atoms with Gasteiger partial charge < -0.3 is 11.1 Å². The molecule has 0 amide bonds. The van der Waals surface area contributed by atoms with Crippen LogP contribution in [0.3, 0.4) is 0 Å². The zero-order valence-electron chi connectivity index (χ0n) is 10.7. The van der Waals surface area contributed by atoms with Gasteiger partial charge in [0, 0.05) is 9.26 Å². The Morgan fingerprint density at radius 1 is 1.32 bits per heavy atom. The van der Waals surface area contributed by atoms with Gasteiger partial charge in [0.05, 0.1) is 11.3 Å². The average Bonchev–Trinajstić information content (AvgIpc) is 2.30. The molecule has 0 aliphatic heterocycles. The van der Waals surface area contributed by atoms with Crippen LogP contribution in [0, 0.1) is 17.4 Å². The largest absolute Gasteiger partial charge is 0.389 e. The number of aromatic nitrogens is 1. The van der Waals surface area contributed by atoms with Gasteiger partial charge in [-0.25, -0.2) is 4.98 Å². The Bertz CT molecular complexity index is 641. The van der Waals surface area contributed by atoms with Gasteiger partial charge in [-0.3, -0.25) is 0 Å². The van der Waals surface area contributed by atoms with E-state index in [1.165, 1.54) is 0 Å². The molecule has 0 aliphatic rings. The zero-order valence-corrected chi connectivity index (χ0v) is 13.7. The van der Waals surface area contributed by atoms with Gasteiger partial charge in [0.15, 0.2) is 0 Å². The lowest BCUT2D eigenvalue weighted by atomic mass is 10.1. The fourth-order valence-corrected chi connectivity index (χ4v) is 2.71. The SMILES string of the molecule is Cc1cc(C)c(C(N)=S)c(Nc2ccccc2I)n1. The van der Waals surface area contributed by atoms with E-state index in [-0.39, 0.29) is 0 Å². The first-order valence-corrected chi connectivity index (χ1v) is 7.27. The summed E-state index contributed by atoms with van der Waals surface area (Å²) in [5.41, 5.74) is 9.58. The molecule has 1 aromatic carbocycles. The second kappa shape index (κ2) is 5.83. The van der Waals surface area contributed by atoms with Crippen LogP contribution in [-0.4, -0.2) is 9.97 Å². The van der Waals surface area contributed by atoms with Crippen molar-refractivity contribution in [1.29, 1.82) is 0 Å². The number of nitrogens with one attached hydrogen (secondary N) is 1. The minimum atomic E-state index is 0.360. The maximum absolute atomic E-state index is 5.81. The van der Waals surface area contributed by atoms with E-state index >= 15 is 0 Å². The molecule has 19 heavy (non-hydrogen) atoms. The van der Waals surface area contributed by atoms with Gasteiger partial charge in [0.1, 0.15) is 10.8 Å². The number of pyridine rings is 1. The molecule has 5 heteroatoms. The van der Waals surface area contributed by atoms with E-state index in [4.69, 9.17) is 18.0 Å². The van der Waals surface area contributed by atoms with Crippen molar-refractivity contribution in [2.75, 3.05) is 5.32 Å². The van der Waals surface area contributed by atoms with Gasteiger partial charge in [-0.2, -0.15) is 0 Å². The Morgan fingerprint density at radius 2 is 2.00 bits per heavy atom. The molecule has 0 saturated carbocycles. The van der Waals surface area contributed by atoms with Crippen molar-refractivity contribution in [3.05, 3.63) is 50.7 Å². The molecule has 0 atom stereocenters. The number of hydrogen-bond acceptors (Lipinski definition) is 3. The first-order valence-electron chi connectivity index (χ1n) is 5.78. The van der Waals surface area contributed by atoms with Crippen LogP contribution in [-0.2, 0) is 0 Å². The first-order chi connectivity index (χ1) is 8.99. The van der Waals surface area contributed by atoms with Crippen LogP contribution in [0.5, 0.6) is 0 Å². The molecule has 0 fully saturated rings. The molecule has 2 rings (SSSR count). The van der Waals surface area contributed by atoms with E-state index < -0.39 is 0 Å². The van der Waals surface area contributed by atoms with Crippen LogP contribution < -0.4 is 11.1 Å². The predicted octanol–water partition coefficient (Wildman–Crippen LogP) is 3.68. The summed E-state index contributed by atoms with van der Waals surface area (Å²) in [5.74, 6) is 0.717. The van der Waals surface area contributed by atoms with Crippen LogP contribution in [0.25, 0.3) is 0 Å². The molecule has 1 heterocycles. The van der Waals surface area contributed by atoms with Crippen molar-refractivity contribution in [1.82, 2.24) is 4.98 Å². The number of thiocarbonyl (C=S) groups is 1. The normalized spacial score (nSPS) is 10.3. The van der Waals surface area contributed by atoms with Gasteiger partial charge in [-0.15, -0.1) is 0 Å². The number of rotatable bonds is 3. The molecule has 1 aromatic heterocycles. The summed E-state index contributed by atoms with van der Waals surface area (Å²) in [6, 6.07) is 10.00. The topological polar surface area (TPSA) is 50.9 Å². The lowest BCUT2D eigenvalue weighted by Gasteiger charge is -2.14. The van der Waals surface area contributed by atoms with E-state index in [0.717, 1.165) is 26.1 Å². The zero-order chi connectivity index (χ0) is 14.0. The third-order valence-electron chi connectivity index (χ3n) is 2.72. The molecule has 0 bridgehead atoms. The minimum Gasteiger partial charge on any atom is -0.389 e. The van der Waals surface area contributed by atoms with Crippen LogP contribution in [0.15, 0.2) is 30.3 Å². The number of nitrogens with two attached hydrogens (primary N) is 1. The molecule has 0 radical (unpaired) electrons. The molecular weight excluding hydrogens is 369 g/mol. The van der Waals surface area contributed by atoms with Crippen molar-refractivity contribution in [2.45, 2.75) is 13.8 Å².